The number of carbonyl (C=O) groups is 1. The molecule has 0 atom stereocenters. The summed E-state index contributed by atoms with van der Waals surface area (Å²) in [6.07, 6.45) is 4.96. The Bertz CT molecular complexity index is 330. The lowest BCUT2D eigenvalue weighted by Crippen LogP contribution is -2.46. The number of nitrogens with zero attached hydrogens (tertiary/aromatic N) is 1. The van der Waals surface area contributed by atoms with Gasteiger partial charge in [0.25, 0.3) is 0 Å². The first-order valence-electron chi connectivity index (χ1n) is 5.79. The predicted molar refractivity (Wildman–Crippen MR) is 60.0 cm³/mol. The predicted octanol–water partition coefficient (Wildman–Crippen LogP) is 0.819. The van der Waals surface area contributed by atoms with Crippen LogP contribution in [0.2, 0.25) is 0 Å². The molecule has 5 heteroatoms. The Morgan fingerprint density at radius 2 is 2.06 bits per heavy atom. The van der Waals surface area contributed by atoms with Crippen molar-refractivity contribution in [3.05, 3.63) is 0 Å². The summed E-state index contributed by atoms with van der Waals surface area (Å²) >= 11 is 0. The Balaban J connectivity index is 1.89. The second kappa shape index (κ2) is 3.64. The number of oxime groups is 1. The Hall–Kier alpha value is -1.26. The maximum Gasteiger partial charge on any atom is 0.233 e. The maximum absolute atomic E-state index is 11.9. The molecular formula is C11H19N3O2. The summed E-state index contributed by atoms with van der Waals surface area (Å²) in [5, 5.41) is 14.5. The van der Waals surface area contributed by atoms with E-state index in [1.165, 1.54) is 19.3 Å². The lowest BCUT2D eigenvalue weighted by Gasteiger charge is -2.38. The zero-order valence-electron chi connectivity index (χ0n) is 9.62. The Kier molecular flexibility index (Phi) is 2.56. The molecular weight excluding hydrogens is 206 g/mol. The minimum absolute atomic E-state index is 0.0452. The van der Waals surface area contributed by atoms with Crippen LogP contribution in [0.5, 0.6) is 0 Å². The summed E-state index contributed by atoms with van der Waals surface area (Å²) in [5.41, 5.74) is 5.09. The van der Waals surface area contributed by atoms with Gasteiger partial charge in [0.1, 0.15) is 5.41 Å². The molecule has 0 aromatic rings. The van der Waals surface area contributed by atoms with E-state index < -0.39 is 5.41 Å². The molecule has 0 aromatic carbocycles. The van der Waals surface area contributed by atoms with Crippen LogP contribution < -0.4 is 11.1 Å². The van der Waals surface area contributed by atoms with Crippen LogP contribution in [0, 0.1) is 10.8 Å². The first kappa shape index (κ1) is 11.2. The van der Waals surface area contributed by atoms with E-state index in [0.29, 0.717) is 19.4 Å². The second-order valence-electron chi connectivity index (χ2n) is 5.41. The number of carbonyl (C=O) groups excluding carboxylic acids is 1. The lowest BCUT2D eigenvalue weighted by atomic mass is 9.70. The highest BCUT2D eigenvalue weighted by Crippen LogP contribution is 2.46. The van der Waals surface area contributed by atoms with Crippen LogP contribution in [0.1, 0.15) is 39.0 Å². The van der Waals surface area contributed by atoms with E-state index in [1.54, 1.807) is 0 Å². The van der Waals surface area contributed by atoms with Gasteiger partial charge >= 0.3 is 0 Å². The van der Waals surface area contributed by atoms with E-state index >= 15 is 0 Å². The van der Waals surface area contributed by atoms with Gasteiger partial charge in [0.2, 0.25) is 5.91 Å². The quantitative estimate of drug-likeness (QED) is 0.286. The van der Waals surface area contributed by atoms with Gasteiger partial charge in [-0.1, -0.05) is 18.5 Å². The van der Waals surface area contributed by atoms with Crippen molar-refractivity contribution in [2.24, 2.45) is 21.7 Å². The SMILES string of the molecule is CC1(CNC(=O)C2(C(N)=NO)CC2)CCC1. The van der Waals surface area contributed by atoms with Crippen LogP contribution in [0.25, 0.3) is 0 Å². The molecule has 2 aliphatic rings. The summed E-state index contributed by atoms with van der Waals surface area (Å²) in [6.45, 7) is 2.88. The number of amides is 1. The molecule has 2 fully saturated rings. The van der Waals surface area contributed by atoms with E-state index in [4.69, 9.17) is 10.9 Å². The Labute approximate surface area is 95.1 Å². The fourth-order valence-electron chi connectivity index (χ4n) is 2.24. The number of hydrogen-bond acceptors (Lipinski definition) is 3. The molecule has 16 heavy (non-hydrogen) atoms. The molecule has 2 saturated carbocycles. The van der Waals surface area contributed by atoms with Gasteiger partial charge < -0.3 is 16.3 Å². The summed E-state index contributed by atoms with van der Waals surface area (Å²) in [7, 11) is 0. The van der Waals surface area contributed by atoms with E-state index in [9.17, 15) is 4.79 Å². The van der Waals surface area contributed by atoms with Crippen molar-refractivity contribution in [3.8, 4) is 0 Å². The molecule has 0 bridgehead atoms. The van der Waals surface area contributed by atoms with E-state index in [2.05, 4.69) is 17.4 Å². The van der Waals surface area contributed by atoms with Gasteiger partial charge in [-0.2, -0.15) is 0 Å². The van der Waals surface area contributed by atoms with E-state index in [-0.39, 0.29) is 17.2 Å². The number of nitrogens with two attached hydrogens (primary N) is 1. The highest BCUT2D eigenvalue weighted by atomic mass is 16.4. The average Bonchev–Trinajstić information content (AvgIpc) is 3.03. The van der Waals surface area contributed by atoms with Crippen molar-refractivity contribution in [1.29, 1.82) is 0 Å². The number of hydrogen-bond donors (Lipinski definition) is 3. The highest BCUT2D eigenvalue weighted by Gasteiger charge is 2.54. The molecule has 0 aliphatic heterocycles. The van der Waals surface area contributed by atoms with Crippen molar-refractivity contribution in [1.82, 2.24) is 5.32 Å². The molecule has 0 radical (unpaired) electrons. The normalized spacial score (nSPS) is 25.7. The smallest absolute Gasteiger partial charge is 0.233 e. The van der Waals surface area contributed by atoms with Crippen molar-refractivity contribution >= 4 is 11.7 Å². The van der Waals surface area contributed by atoms with Gasteiger partial charge in [-0.3, -0.25) is 4.79 Å². The highest BCUT2D eigenvalue weighted by molar-refractivity contribution is 6.09. The first-order chi connectivity index (χ1) is 7.52. The third-order valence-corrected chi connectivity index (χ3v) is 4.02. The summed E-state index contributed by atoms with van der Waals surface area (Å²) < 4.78 is 0. The third kappa shape index (κ3) is 1.74. The third-order valence-electron chi connectivity index (χ3n) is 4.02. The van der Waals surface area contributed by atoms with Gasteiger partial charge in [0, 0.05) is 6.54 Å². The molecule has 0 spiro atoms. The number of nitrogens with one attached hydrogen (secondary N) is 1. The fraction of sp³-hybridized carbons (Fsp3) is 0.818. The molecule has 4 N–H and O–H groups in total. The standard InChI is InChI=1S/C11H19N3O2/c1-10(3-2-4-10)7-13-9(15)11(5-6-11)8(12)14-16/h16H,2-7H2,1H3,(H2,12,14)(H,13,15). The summed E-state index contributed by atoms with van der Waals surface area (Å²) in [6, 6.07) is 0. The van der Waals surface area contributed by atoms with E-state index in [0.717, 1.165) is 0 Å². The summed E-state index contributed by atoms with van der Waals surface area (Å²) in [5.74, 6) is -0.0420. The molecule has 0 heterocycles. The van der Waals surface area contributed by atoms with Crippen LogP contribution in [-0.4, -0.2) is 23.5 Å². The topological polar surface area (TPSA) is 87.7 Å². The van der Waals surface area contributed by atoms with Crippen molar-refractivity contribution in [2.45, 2.75) is 39.0 Å². The first-order valence-corrected chi connectivity index (χ1v) is 5.79. The van der Waals surface area contributed by atoms with Crippen LogP contribution in [0.15, 0.2) is 5.16 Å². The second-order valence-corrected chi connectivity index (χ2v) is 5.41. The minimum atomic E-state index is -0.713. The molecule has 2 rings (SSSR count). The van der Waals surface area contributed by atoms with Crippen LogP contribution in [-0.2, 0) is 4.79 Å². The van der Waals surface area contributed by atoms with Crippen molar-refractivity contribution in [3.63, 3.8) is 0 Å². The molecule has 90 valence electrons. The van der Waals surface area contributed by atoms with Crippen LogP contribution >= 0.6 is 0 Å². The molecule has 1 amide bonds. The van der Waals surface area contributed by atoms with Gasteiger partial charge in [0.15, 0.2) is 5.84 Å². The van der Waals surface area contributed by atoms with Gasteiger partial charge in [0.05, 0.1) is 0 Å². The maximum atomic E-state index is 11.9. The number of rotatable bonds is 4. The largest absolute Gasteiger partial charge is 0.409 e. The van der Waals surface area contributed by atoms with Crippen molar-refractivity contribution < 1.29 is 10.0 Å². The lowest BCUT2D eigenvalue weighted by molar-refractivity contribution is -0.124. The zero-order chi connectivity index (χ0) is 11.8. The molecule has 5 nitrogen and oxygen atoms in total. The van der Waals surface area contributed by atoms with Gasteiger partial charge in [-0.15, -0.1) is 0 Å². The Morgan fingerprint density at radius 3 is 2.44 bits per heavy atom. The minimum Gasteiger partial charge on any atom is -0.409 e. The molecule has 0 aromatic heterocycles. The molecule has 2 aliphatic carbocycles. The van der Waals surface area contributed by atoms with Gasteiger partial charge in [-0.05, 0) is 31.1 Å². The van der Waals surface area contributed by atoms with Crippen LogP contribution in [0.3, 0.4) is 0 Å². The Morgan fingerprint density at radius 1 is 1.44 bits per heavy atom. The number of amidine groups is 1. The van der Waals surface area contributed by atoms with Crippen molar-refractivity contribution in [2.75, 3.05) is 6.54 Å². The summed E-state index contributed by atoms with van der Waals surface area (Å²) in [4.78, 5) is 11.9. The monoisotopic (exact) mass is 225 g/mol. The van der Waals surface area contributed by atoms with Crippen LogP contribution in [0.4, 0.5) is 0 Å². The molecule has 0 saturated heterocycles. The average molecular weight is 225 g/mol. The van der Waals surface area contributed by atoms with Gasteiger partial charge in [-0.25, -0.2) is 0 Å². The molecule has 0 unspecified atom stereocenters. The fourth-order valence-corrected chi connectivity index (χ4v) is 2.24. The zero-order valence-corrected chi connectivity index (χ0v) is 9.62. The van der Waals surface area contributed by atoms with E-state index in [1.807, 2.05) is 0 Å².